The summed E-state index contributed by atoms with van der Waals surface area (Å²) in [7, 11) is 3.46. The first kappa shape index (κ1) is 21.0. The Balaban J connectivity index is 1.84. The zero-order valence-corrected chi connectivity index (χ0v) is 17.4. The van der Waals surface area contributed by atoms with Crippen molar-refractivity contribution < 1.29 is 14.3 Å². The van der Waals surface area contributed by atoms with Crippen LogP contribution in [0.25, 0.3) is 11.1 Å². The lowest BCUT2D eigenvalue weighted by Gasteiger charge is -2.43. The van der Waals surface area contributed by atoms with E-state index in [1.165, 1.54) is 0 Å². The lowest BCUT2D eigenvalue weighted by molar-refractivity contribution is -0.172. The van der Waals surface area contributed by atoms with Gasteiger partial charge in [0.05, 0.1) is 13.2 Å². The molecule has 3 rings (SSSR count). The number of benzene rings is 1. The standard InChI is InChI=1S/C23H29N3O3/c1-4-5-21(27)26-14-15-29-23(17-26,22(28)25(2)3)16-18-6-8-19(9-7-18)20-10-12-24-13-11-20/h6-13H,4-5,14-17H2,1-3H3. The summed E-state index contributed by atoms with van der Waals surface area (Å²) in [6.07, 6.45) is 5.25. The molecule has 2 aromatic rings. The van der Waals surface area contributed by atoms with E-state index in [2.05, 4.69) is 4.98 Å². The third-order valence-electron chi connectivity index (χ3n) is 5.26. The molecular formula is C23H29N3O3. The predicted octanol–water partition coefficient (Wildman–Crippen LogP) is 2.78. The van der Waals surface area contributed by atoms with Crippen molar-refractivity contribution in [3.05, 3.63) is 54.4 Å². The molecule has 0 saturated carbocycles. The van der Waals surface area contributed by atoms with Gasteiger partial charge >= 0.3 is 0 Å². The molecule has 6 nitrogen and oxygen atoms in total. The van der Waals surface area contributed by atoms with Crippen LogP contribution in [0.2, 0.25) is 0 Å². The van der Waals surface area contributed by atoms with E-state index in [0.717, 1.165) is 23.1 Å². The van der Waals surface area contributed by atoms with Crippen molar-refractivity contribution in [1.29, 1.82) is 0 Å². The highest BCUT2D eigenvalue weighted by atomic mass is 16.5. The Bertz CT molecular complexity index is 836. The van der Waals surface area contributed by atoms with E-state index in [1.807, 2.05) is 43.3 Å². The first-order chi connectivity index (χ1) is 13.9. The second-order valence-electron chi connectivity index (χ2n) is 7.72. The summed E-state index contributed by atoms with van der Waals surface area (Å²) in [5.41, 5.74) is 2.13. The Kier molecular flexibility index (Phi) is 6.64. The minimum absolute atomic E-state index is 0.0831. The van der Waals surface area contributed by atoms with Gasteiger partial charge in [-0.05, 0) is 35.2 Å². The van der Waals surface area contributed by atoms with Gasteiger partial charge < -0.3 is 14.5 Å². The van der Waals surface area contributed by atoms with Crippen LogP contribution >= 0.6 is 0 Å². The van der Waals surface area contributed by atoms with Gasteiger partial charge in [-0.15, -0.1) is 0 Å². The maximum atomic E-state index is 13.1. The summed E-state index contributed by atoms with van der Waals surface area (Å²) in [5.74, 6) is -0.0236. The van der Waals surface area contributed by atoms with Crippen molar-refractivity contribution in [2.75, 3.05) is 33.8 Å². The van der Waals surface area contributed by atoms with Crippen LogP contribution in [0.1, 0.15) is 25.3 Å². The molecule has 1 saturated heterocycles. The number of ether oxygens (including phenoxy) is 1. The number of likely N-dealkylation sites (N-methyl/N-ethyl adjacent to an activating group) is 1. The first-order valence-corrected chi connectivity index (χ1v) is 10.1. The van der Waals surface area contributed by atoms with Gasteiger partial charge in [-0.3, -0.25) is 14.6 Å². The number of hydrogen-bond donors (Lipinski definition) is 0. The van der Waals surface area contributed by atoms with Crippen molar-refractivity contribution >= 4 is 11.8 Å². The zero-order chi connectivity index (χ0) is 20.9. The van der Waals surface area contributed by atoms with Gasteiger partial charge in [0.25, 0.3) is 5.91 Å². The average Bonchev–Trinajstić information content (AvgIpc) is 2.74. The molecule has 1 aromatic carbocycles. The maximum absolute atomic E-state index is 13.1. The fourth-order valence-electron chi connectivity index (χ4n) is 3.78. The molecule has 154 valence electrons. The number of carbonyl (C=O) groups is 2. The van der Waals surface area contributed by atoms with Crippen LogP contribution in [0.4, 0.5) is 0 Å². The normalized spacial score (nSPS) is 19.1. The second-order valence-corrected chi connectivity index (χ2v) is 7.72. The van der Waals surface area contributed by atoms with E-state index in [-0.39, 0.29) is 18.4 Å². The molecule has 1 atom stereocenters. The molecule has 1 aliphatic heterocycles. The lowest BCUT2D eigenvalue weighted by Crippen LogP contribution is -2.61. The SMILES string of the molecule is CCCC(=O)N1CCOC(Cc2ccc(-c3ccncc3)cc2)(C(=O)N(C)C)C1. The largest absolute Gasteiger partial charge is 0.361 e. The van der Waals surface area contributed by atoms with Gasteiger partial charge in [0.2, 0.25) is 5.91 Å². The highest BCUT2D eigenvalue weighted by molar-refractivity contribution is 5.87. The third kappa shape index (κ3) is 4.82. The molecule has 0 spiro atoms. The van der Waals surface area contributed by atoms with Crippen LogP contribution < -0.4 is 0 Å². The first-order valence-electron chi connectivity index (χ1n) is 10.1. The highest BCUT2D eigenvalue weighted by Crippen LogP contribution is 2.27. The van der Waals surface area contributed by atoms with E-state index >= 15 is 0 Å². The summed E-state index contributed by atoms with van der Waals surface area (Å²) >= 11 is 0. The van der Waals surface area contributed by atoms with E-state index < -0.39 is 5.60 Å². The summed E-state index contributed by atoms with van der Waals surface area (Å²) in [6.45, 7) is 3.17. The number of carbonyl (C=O) groups excluding carboxylic acids is 2. The van der Waals surface area contributed by atoms with Crippen molar-refractivity contribution in [3.63, 3.8) is 0 Å². The number of hydrogen-bond acceptors (Lipinski definition) is 4. The van der Waals surface area contributed by atoms with E-state index in [1.54, 1.807) is 36.3 Å². The number of aromatic nitrogens is 1. The molecule has 1 aromatic heterocycles. The minimum atomic E-state index is -1.05. The Morgan fingerprint density at radius 1 is 1.10 bits per heavy atom. The average molecular weight is 396 g/mol. The maximum Gasteiger partial charge on any atom is 0.256 e. The molecule has 29 heavy (non-hydrogen) atoms. The molecule has 2 amide bonds. The molecule has 1 fully saturated rings. The van der Waals surface area contributed by atoms with Gasteiger partial charge in [0.15, 0.2) is 5.60 Å². The van der Waals surface area contributed by atoms with Crippen LogP contribution in [0, 0.1) is 0 Å². The van der Waals surface area contributed by atoms with Crippen molar-refractivity contribution in [2.24, 2.45) is 0 Å². The summed E-state index contributed by atoms with van der Waals surface area (Å²) in [5, 5.41) is 0. The summed E-state index contributed by atoms with van der Waals surface area (Å²) < 4.78 is 6.07. The molecule has 0 bridgehead atoms. The number of morpholine rings is 1. The Hall–Kier alpha value is -2.73. The zero-order valence-electron chi connectivity index (χ0n) is 17.4. The van der Waals surface area contributed by atoms with E-state index in [0.29, 0.717) is 26.0 Å². The Morgan fingerprint density at radius 2 is 1.76 bits per heavy atom. The van der Waals surface area contributed by atoms with Gasteiger partial charge in [0, 0.05) is 45.9 Å². The number of amides is 2. The molecule has 1 unspecified atom stereocenters. The molecular weight excluding hydrogens is 366 g/mol. The van der Waals surface area contributed by atoms with E-state index in [9.17, 15) is 9.59 Å². The Morgan fingerprint density at radius 3 is 2.38 bits per heavy atom. The third-order valence-corrected chi connectivity index (χ3v) is 5.26. The fraction of sp³-hybridized carbons (Fsp3) is 0.435. The van der Waals surface area contributed by atoms with Gasteiger partial charge in [-0.1, -0.05) is 31.2 Å². The van der Waals surface area contributed by atoms with Crippen LogP contribution in [0.3, 0.4) is 0 Å². The molecule has 1 aliphatic rings. The number of pyridine rings is 1. The van der Waals surface area contributed by atoms with Gasteiger partial charge in [0.1, 0.15) is 0 Å². The lowest BCUT2D eigenvalue weighted by atomic mass is 9.90. The molecule has 6 heteroatoms. The van der Waals surface area contributed by atoms with Crippen LogP contribution in [-0.4, -0.2) is 66.0 Å². The highest BCUT2D eigenvalue weighted by Gasteiger charge is 2.45. The van der Waals surface area contributed by atoms with E-state index in [4.69, 9.17) is 4.74 Å². The molecule has 2 heterocycles. The summed E-state index contributed by atoms with van der Waals surface area (Å²) in [4.78, 5) is 33.0. The van der Waals surface area contributed by atoms with Crippen molar-refractivity contribution in [2.45, 2.75) is 31.8 Å². The van der Waals surface area contributed by atoms with Crippen molar-refractivity contribution in [1.82, 2.24) is 14.8 Å². The fourth-order valence-corrected chi connectivity index (χ4v) is 3.78. The van der Waals surface area contributed by atoms with Crippen LogP contribution in [0.5, 0.6) is 0 Å². The van der Waals surface area contributed by atoms with Crippen molar-refractivity contribution in [3.8, 4) is 11.1 Å². The minimum Gasteiger partial charge on any atom is -0.361 e. The van der Waals surface area contributed by atoms with Gasteiger partial charge in [-0.2, -0.15) is 0 Å². The second kappa shape index (κ2) is 9.18. The smallest absolute Gasteiger partial charge is 0.256 e. The molecule has 0 N–H and O–H groups in total. The topological polar surface area (TPSA) is 62.7 Å². The summed E-state index contributed by atoms with van der Waals surface area (Å²) in [6, 6.07) is 12.1. The van der Waals surface area contributed by atoms with Gasteiger partial charge in [-0.25, -0.2) is 0 Å². The molecule has 0 aliphatic carbocycles. The Labute approximate surface area is 172 Å². The predicted molar refractivity (Wildman–Crippen MR) is 112 cm³/mol. The van der Waals surface area contributed by atoms with Crippen LogP contribution in [-0.2, 0) is 20.7 Å². The number of rotatable bonds is 6. The monoisotopic (exact) mass is 395 g/mol. The molecule has 0 radical (unpaired) electrons. The number of nitrogens with zero attached hydrogens (tertiary/aromatic N) is 3. The quantitative estimate of drug-likeness (QED) is 0.755. The van der Waals surface area contributed by atoms with Crippen LogP contribution in [0.15, 0.2) is 48.8 Å².